The van der Waals surface area contributed by atoms with Crippen molar-refractivity contribution >= 4 is 6.09 Å². The number of carbonyl (C=O) groups excluding carboxylic acids is 1. The molecule has 1 amide bonds. The van der Waals surface area contributed by atoms with Gasteiger partial charge in [0.25, 0.3) is 0 Å². The van der Waals surface area contributed by atoms with Crippen LogP contribution in [0.2, 0.25) is 0 Å². The number of likely N-dealkylation sites (tertiary alicyclic amines) is 1. The number of nitrogens with zero attached hydrogens (tertiary/aromatic N) is 1. The fourth-order valence-corrected chi connectivity index (χ4v) is 2.67. The van der Waals surface area contributed by atoms with E-state index in [0.717, 1.165) is 45.7 Å². The van der Waals surface area contributed by atoms with Crippen LogP contribution in [0.25, 0.3) is 0 Å². The summed E-state index contributed by atoms with van der Waals surface area (Å²) in [6.07, 6.45) is 1.73. The van der Waals surface area contributed by atoms with Gasteiger partial charge in [0.15, 0.2) is 0 Å². The van der Waals surface area contributed by atoms with E-state index in [-0.39, 0.29) is 17.0 Å². The number of nitrogens with one attached hydrogen (secondary N) is 1. The van der Waals surface area contributed by atoms with Crippen LogP contribution in [0, 0.1) is 5.41 Å². The van der Waals surface area contributed by atoms with Gasteiger partial charge in [0.05, 0.1) is 13.2 Å². The monoisotopic (exact) mass is 298 g/mol. The molecule has 0 saturated carbocycles. The molecule has 1 N–H and O–H groups in total. The molecule has 2 aliphatic heterocycles. The van der Waals surface area contributed by atoms with Gasteiger partial charge in [0.1, 0.15) is 5.60 Å². The zero-order chi connectivity index (χ0) is 15.7. The molecule has 0 unspecified atom stereocenters. The SMILES string of the molecule is CC1(CNC2(C)CCN(C(=O)OC(C)(C)C)CC2)COC1. The van der Waals surface area contributed by atoms with Crippen molar-refractivity contribution in [1.82, 2.24) is 10.2 Å². The molecule has 2 rings (SSSR count). The maximum Gasteiger partial charge on any atom is 0.410 e. The highest BCUT2D eigenvalue weighted by Crippen LogP contribution is 2.29. The minimum Gasteiger partial charge on any atom is -0.444 e. The van der Waals surface area contributed by atoms with Crippen LogP contribution in [0.4, 0.5) is 4.79 Å². The van der Waals surface area contributed by atoms with Crippen LogP contribution in [0.15, 0.2) is 0 Å². The third kappa shape index (κ3) is 4.58. The average Bonchev–Trinajstić information content (AvgIpc) is 2.33. The Morgan fingerprint density at radius 2 is 1.81 bits per heavy atom. The summed E-state index contributed by atoms with van der Waals surface area (Å²) >= 11 is 0. The van der Waals surface area contributed by atoms with Gasteiger partial charge in [0.2, 0.25) is 0 Å². The van der Waals surface area contributed by atoms with Crippen molar-refractivity contribution in [3.63, 3.8) is 0 Å². The summed E-state index contributed by atoms with van der Waals surface area (Å²) in [6.45, 7) is 14.4. The summed E-state index contributed by atoms with van der Waals surface area (Å²) in [5, 5.41) is 3.69. The third-order valence-corrected chi connectivity index (χ3v) is 4.36. The molecule has 0 atom stereocenters. The Kier molecular flexibility index (Phi) is 4.54. The third-order valence-electron chi connectivity index (χ3n) is 4.36. The summed E-state index contributed by atoms with van der Waals surface area (Å²) < 4.78 is 10.7. The van der Waals surface area contributed by atoms with E-state index in [1.165, 1.54) is 0 Å². The molecule has 0 aromatic heterocycles. The van der Waals surface area contributed by atoms with Crippen molar-refractivity contribution in [3.8, 4) is 0 Å². The van der Waals surface area contributed by atoms with Crippen LogP contribution in [0.3, 0.4) is 0 Å². The second-order valence-electron chi connectivity index (χ2n) is 8.19. The van der Waals surface area contributed by atoms with Gasteiger partial charge < -0.3 is 19.7 Å². The number of amides is 1. The highest BCUT2D eigenvalue weighted by Gasteiger charge is 2.38. The van der Waals surface area contributed by atoms with E-state index in [9.17, 15) is 4.79 Å². The van der Waals surface area contributed by atoms with E-state index in [1.807, 2.05) is 25.7 Å². The topological polar surface area (TPSA) is 50.8 Å². The molecule has 5 heteroatoms. The molecule has 0 spiro atoms. The van der Waals surface area contributed by atoms with Gasteiger partial charge in [0, 0.05) is 30.6 Å². The van der Waals surface area contributed by atoms with Crippen LogP contribution >= 0.6 is 0 Å². The molecule has 0 aromatic carbocycles. The lowest BCUT2D eigenvalue weighted by Crippen LogP contribution is -2.57. The molecule has 0 aromatic rings. The average molecular weight is 298 g/mol. The standard InChI is InChI=1S/C16H30N2O3/c1-14(2,3)21-13(19)18-8-6-16(5,7-9-18)17-10-15(4)11-20-12-15/h17H,6-12H2,1-5H3. The first-order valence-electron chi connectivity index (χ1n) is 7.92. The lowest BCUT2D eigenvalue weighted by Gasteiger charge is -2.45. The molecule has 2 aliphatic rings. The molecule has 0 bridgehead atoms. The molecule has 5 nitrogen and oxygen atoms in total. The number of hydrogen-bond donors (Lipinski definition) is 1. The van der Waals surface area contributed by atoms with Gasteiger partial charge in [-0.3, -0.25) is 0 Å². The maximum atomic E-state index is 12.1. The van der Waals surface area contributed by atoms with Crippen LogP contribution in [-0.2, 0) is 9.47 Å². The molecule has 2 heterocycles. The number of piperidine rings is 1. The summed E-state index contributed by atoms with van der Waals surface area (Å²) in [7, 11) is 0. The number of carbonyl (C=O) groups is 1. The lowest BCUT2D eigenvalue weighted by molar-refractivity contribution is -0.103. The van der Waals surface area contributed by atoms with Crippen molar-refractivity contribution in [1.29, 1.82) is 0 Å². The highest BCUT2D eigenvalue weighted by atomic mass is 16.6. The second-order valence-corrected chi connectivity index (χ2v) is 8.19. The van der Waals surface area contributed by atoms with Crippen LogP contribution < -0.4 is 5.32 Å². The maximum absolute atomic E-state index is 12.1. The molecule has 122 valence electrons. The molecule has 2 fully saturated rings. The Hall–Kier alpha value is -0.810. The Balaban J connectivity index is 1.77. The Bertz CT molecular complexity index is 377. The summed E-state index contributed by atoms with van der Waals surface area (Å²) in [5.41, 5.74) is -0.0304. The lowest BCUT2D eigenvalue weighted by atomic mass is 9.84. The van der Waals surface area contributed by atoms with E-state index in [2.05, 4.69) is 19.2 Å². The summed E-state index contributed by atoms with van der Waals surface area (Å²) in [5.74, 6) is 0. The molecule has 21 heavy (non-hydrogen) atoms. The minimum absolute atomic E-state index is 0.108. The van der Waals surface area contributed by atoms with E-state index in [1.54, 1.807) is 0 Å². The van der Waals surface area contributed by atoms with Gasteiger partial charge in [-0.1, -0.05) is 6.92 Å². The van der Waals surface area contributed by atoms with Crippen molar-refractivity contribution in [2.45, 2.75) is 58.6 Å². The first-order valence-corrected chi connectivity index (χ1v) is 7.92. The smallest absolute Gasteiger partial charge is 0.410 e. The van der Waals surface area contributed by atoms with Gasteiger partial charge in [-0.25, -0.2) is 4.79 Å². The van der Waals surface area contributed by atoms with Crippen LogP contribution in [0.1, 0.15) is 47.5 Å². The van der Waals surface area contributed by atoms with E-state index < -0.39 is 5.60 Å². The normalized spacial score (nSPS) is 24.3. The summed E-state index contributed by atoms with van der Waals surface area (Å²) in [4.78, 5) is 13.9. The molecular formula is C16H30N2O3. The molecule has 2 saturated heterocycles. The van der Waals surface area contributed by atoms with Crippen molar-refractivity contribution < 1.29 is 14.3 Å². The number of ether oxygens (including phenoxy) is 2. The molecular weight excluding hydrogens is 268 g/mol. The van der Waals surface area contributed by atoms with Crippen molar-refractivity contribution in [2.75, 3.05) is 32.8 Å². The predicted molar refractivity (Wildman–Crippen MR) is 82.4 cm³/mol. The number of rotatable bonds is 3. The zero-order valence-corrected chi connectivity index (χ0v) is 14.1. The van der Waals surface area contributed by atoms with Crippen molar-refractivity contribution in [2.24, 2.45) is 5.41 Å². The minimum atomic E-state index is -0.422. The summed E-state index contributed by atoms with van der Waals surface area (Å²) in [6, 6.07) is 0. The predicted octanol–water partition coefficient (Wildman–Crippen LogP) is 2.40. The van der Waals surface area contributed by atoms with Crippen LogP contribution in [-0.4, -0.2) is 55.0 Å². The van der Waals surface area contributed by atoms with Crippen LogP contribution in [0.5, 0.6) is 0 Å². The van der Waals surface area contributed by atoms with Gasteiger partial charge in [-0.2, -0.15) is 0 Å². The van der Waals surface area contributed by atoms with Crippen molar-refractivity contribution in [3.05, 3.63) is 0 Å². The van der Waals surface area contributed by atoms with Gasteiger partial charge in [-0.15, -0.1) is 0 Å². The fraction of sp³-hybridized carbons (Fsp3) is 0.938. The first-order chi connectivity index (χ1) is 9.61. The van der Waals surface area contributed by atoms with E-state index in [0.29, 0.717) is 0 Å². The fourth-order valence-electron chi connectivity index (χ4n) is 2.67. The second kappa shape index (κ2) is 5.76. The first kappa shape index (κ1) is 16.6. The Morgan fingerprint density at radius 3 is 2.24 bits per heavy atom. The number of hydrogen-bond acceptors (Lipinski definition) is 4. The molecule has 0 aliphatic carbocycles. The van der Waals surface area contributed by atoms with E-state index >= 15 is 0 Å². The largest absolute Gasteiger partial charge is 0.444 e. The zero-order valence-electron chi connectivity index (χ0n) is 14.1. The quantitative estimate of drug-likeness (QED) is 0.869. The Morgan fingerprint density at radius 1 is 1.24 bits per heavy atom. The van der Waals surface area contributed by atoms with Gasteiger partial charge >= 0.3 is 6.09 Å². The Labute approximate surface area is 128 Å². The van der Waals surface area contributed by atoms with Gasteiger partial charge in [-0.05, 0) is 40.5 Å². The highest BCUT2D eigenvalue weighted by molar-refractivity contribution is 5.68. The van der Waals surface area contributed by atoms with E-state index in [4.69, 9.17) is 9.47 Å². The molecule has 0 radical (unpaired) electrons.